The minimum Gasteiger partial charge on any atom is -0.465 e. The maximum absolute atomic E-state index is 10.8. The van der Waals surface area contributed by atoms with Gasteiger partial charge in [-0.05, 0) is 18.6 Å². The molecule has 124 valence electrons. The van der Waals surface area contributed by atoms with Crippen molar-refractivity contribution in [2.75, 3.05) is 23.7 Å². The molecule has 1 aromatic carbocycles. The van der Waals surface area contributed by atoms with Crippen LogP contribution in [0.15, 0.2) is 12.1 Å². The maximum Gasteiger partial charge on any atom is 0.404 e. The summed E-state index contributed by atoms with van der Waals surface area (Å²) in [6.07, 6.45) is -0.214. The van der Waals surface area contributed by atoms with Crippen molar-refractivity contribution in [1.29, 1.82) is 0 Å². The molecule has 0 aliphatic carbocycles. The Morgan fingerprint density at radius 1 is 1.48 bits per heavy atom. The van der Waals surface area contributed by atoms with Crippen LogP contribution in [0.3, 0.4) is 0 Å². The van der Waals surface area contributed by atoms with Gasteiger partial charge in [-0.3, -0.25) is 0 Å². The van der Waals surface area contributed by atoms with E-state index in [0.29, 0.717) is 18.2 Å². The highest BCUT2D eigenvalue weighted by Gasteiger charge is 2.28. The van der Waals surface area contributed by atoms with Crippen LogP contribution in [-0.4, -0.2) is 39.9 Å². The lowest BCUT2D eigenvalue weighted by molar-refractivity contribution is 0.191. The molecular formula is C16H23N5O2. The smallest absolute Gasteiger partial charge is 0.404 e. The molecule has 4 N–H and O–H groups in total. The summed E-state index contributed by atoms with van der Waals surface area (Å²) in [5.74, 6) is 1.34. The van der Waals surface area contributed by atoms with Crippen molar-refractivity contribution in [1.82, 2.24) is 14.9 Å². The second-order valence-corrected chi connectivity index (χ2v) is 6.44. The Bertz CT molecular complexity index is 752. The minimum atomic E-state index is -0.983. The summed E-state index contributed by atoms with van der Waals surface area (Å²) in [7, 11) is 2.02. The first-order chi connectivity index (χ1) is 10.9. The van der Waals surface area contributed by atoms with Crippen LogP contribution in [0.5, 0.6) is 0 Å². The van der Waals surface area contributed by atoms with Gasteiger partial charge in [-0.2, -0.15) is 0 Å². The molecule has 23 heavy (non-hydrogen) atoms. The SMILES string of the molecule is CC(C)c1nc2c(N3CCC(NC(=O)O)C3)c(N)ccc2n1C. The number of nitrogens with zero attached hydrogens (tertiary/aromatic N) is 3. The van der Waals surface area contributed by atoms with Crippen LogP contribution >= 0.6 is 0 Å². The summed E-state index contributed by atoms with van der Waals surface area (Å²) in [5, 5.41) is 11.4. The number of aryl methyl sites for hydroxylation is 1. The molecule has 2 aromatic rings. The van der Waals surface area contributed by atoms with E-state index in [9.17, 15) is 4.79 Å². The van der Waals surface area contributed by atoms with E-state index in [1.807, 2.05) is 19.2 Å². The van der Waals surface area contributed by atoms with Crippen LogP contribution in [-0.2, 0) is 7.05 Å². The highest BCUT2D eigenvalue weighted by molar-refractivity contribution is 5.96. The first-order valence-electron chi connectivity index (χ1n) is 7.87. The second kappa shape index (κ2) is 5.64. The summed E-state index contributed by atoms with van der Waals surface area (Å²) >= 11 is 0. The van der Waals surface area contributed by atoms with E-state index in [1.54, 1.807) is 0 Å². The lowest BCUT2D eigenvalue weighted by atomic mass is 10.2. The van der Waals surface area contributed by atoms with Crippen molar-refractivity contribution < 1.29 is 9.90 Å². The fraction of sp³-hybridized carbons (Fsp3) is 0.500. The van der Waals surface area contributed by atoms with E-state index in [-0.39, 0.29) is 6.04 Å². The molecule has 1 amide bonds. The number of anilines is 2. The predicted octanol–water partition coefficient (Wildman–Crippen LogP) is 2.13. The molecule has 0 bridgehead atoms. The molecule has 1 aliphatic heterocycles. The molecule has 1 aromatic heterocycles. The van der Waals surface area contributed by atoms with Gasteiger partial charge in [-0.1, -0.05) is 13.8 Å². The van der Waals surface area contributed by atoms with Crippen LogP contribution in [0.4, 0.5) is 16.2 Å². The molecular weight excluding hydrogens is 294 g/mol. The van der Waals surface area contributed by atoms with Gasteiger partial charge >= 0.3 is 6.09 Å². The van der Waals surface area contributed by atoms with Crippen LogP contribution in [0.2, 0.25) is 0 Å². The van der Waals surface area contributed by atoms with Crippen LogP contribution in [0, 0.1) is 0 Å². The molecule has 1 aliphatic rings. The highest BCUT2D eigenvalue weighted by Crippen LogP contribution is 2.35. The van der Waals surface area contributed by atoms with Crippen molar-refractivity contribution in [3.05, 3.63) is 18.0 Å². The van der Waals surface area contributed by atoms with Gasteiger partial charge in [0.1, 0.15) is 11.3 Å². The summed E-state index contributed by atoms with van der Waals surface area (Å²) in [6.45, 7) is 5.62. The van der Waals surface area contributed by atoms with E-state index in [4.69, 9.17) is 15.8 Å². The lowest BCUT2D eigenvalue weighted by Crippen LogP contribution is -2.36. The maximum atomic E-state index is 10.8. The number of nitrogens with two attached hydrogens (primary N) is 1. The number of nitrogen functional groups attached to an aromatic ring is 1. The lowest BCUT2D eigenvalue weighted by Gasteiger charge is -2.21. The Hall–Kier alpha value is -2.44. The van der Waals surface area contributed by atoms with E-state index >= 15 is 0 Å². The summed E-state index contributed by atoms with van der Waals surface area (Å²) in [4.78, 5) is 17.8. The Labute approximate surface area is 135 Å². The van der Waals surface area contributed by atoms with E-state index in [1.165, 1.54) is 0 Å². The van der Waals surface area contributed by atoms with Gasteiger partial charge < -0.3 is 25.6 Å². The van der Waals surface area contributed by atoms with Gasteiger partial charge in [0.05, 0.1) is 22.9 Å². The molecule has 1 fully saturated rings. The average Bonchev–Trinajstić information content (AvgIpc) is 3.03. The third-order valence-corrected chi connectivity index (χ3v) is 4.44. The van der Waals surface area contributed by atoms with Crippen molar-refractivity contribution in [2.24, 2.45) is 7.05 Å². The summed E-state index contributed by atoms with van der Waals surface area (Å²) in [5.41, 5.74) is 9.76. The zero-order valence-electron chi connectivity index (χ0n) is 13.7. The molecule has 1 atom stereocenters. The Kier molecular flexibility index (Phi) is 3.79. The number of carboxylic acid groups (broad SMARTS) is 1. The zero-order valence-corrected chi connectivity index (χ0v) is 13.7. The normalized spacial score (nSPS) is 18.1. The van der Waals surface area contributed by atoms with Gasteiger partial charge in [0.25, 0.3) is 0 Å². The van der Waals surface area contributed by atoms with Crippen molar-refractivity contribution >= 4 is 28.5 Å². The van der Waals surface area contributed by atoms with Gasteiger partial charge in [-0.25, -0.2) is 9.78 Å². The third-order valence-electron chi connectivity index (χ3n) is 4.44. The summed E-state index contributed by atoms with van der Waals surface area (Å²) in [6, 6.07) is 3.83. The third kappa shape index (κ3) is 2.67. The molecule has 2 heterocycles. The van der Waals surface area contributed by atoms with Crippen molar-refractivity contribution in [3.63, 3.8) is 0 Å². The summed E-state index contributed by atoms with van der Waals surface area (Å²) < 4.78 is 2.10. The molecule has 1 unspecified atom stereocenters. The Morgan fingerprint density at radius 3 is 2.87 bits per heavy atom. The van der Waals surface area contributed by atoms with E-state index < -0.39 is 6.09 Å². The number of hydrogen-bond donors (Lipinski definition) is 3. The standard InChI is InChI=1S/C16H23N5O2/c1-9(2)15-19-13-12(20(15)3)5-4-11(17)14(13)21-7-6-10(8-21)18-16(22)23/h4-5,9-10,18H,6-8,17H2,1-3H3,(H,22,23). The van der Waals surface area contributed by atoms with Gasteiger partial charge in [0, 0.05) is 26.1 Å². The number of benzene rings is 1. The first-order valence-corrected chi connectivity index (χ1v) is 7.87. The van der Waals surface area contributed by atoms with Crippen molar-refractivity contribution in [3.8, 4) is 0 Å². The number of rotatable bonds is 3. The molecule has 3 rings (SSSR count). The minimum absolute atomic E-state index is 0.0737. The number of hydrogen-bond acceptors (Lipinski definition) is 4. The molecule has 0 radical (unpaired) electrons. The number of fused-ring (bicyclic) bond motifs is 1. The number of carbonyl (C=O) groups is 1. The monoisotopic (exact) mass is 317 g/mol. The van der Waals surface area contributed by atoms with E-state index in [0.717, 1.165) is 35.5 Å². The van der Waals surface area contributed by atoms with Gasteiger partial charge in [-0.15, -0.1) is 0 Å². The average molecular weight is 317 g/mol. The second-order valence-electron chi connectivity index (χ2n) is 6.44. The van der Waals surface area contributed by atoms with Gasteiger partial charge in [0.15, 0.2) is 0 Å². The Balaban J connectivity index is 2.02. The molecule has 7 nitrogen and oxygen atoms in total. The fourth-order valence-electron chi connectivity index (χ4n) is 3.38. The fourth-order valence-corrected chi connectivity index (χ4v) is 3.38. The molecule has 7 heteroatoms. The van der Waals surface area contributed by atoms with Crippen LogP contribution in [0.1, 0.15) is 32.0 Å². The molecule has 0 saturated carbocycles. The number of nitrogens with one attached hydrogen (secondary N) is 1. The quantitative estimate of drug-likeness (QED) is 0.754. The first kappa shape index (κ1) is 15.5. The number of amides is 1. The number of aromatic nitrogens is 2. The highest BCUT2D eigenvalue weighted by atomic mass is 16.4. The molecule has 1 saturated heterocycles. The largest absolute Gasteiger partial charge is 0.465 e. The number of imidazole rings is 1. The van der Waals surface area contributed by atoms with Crippen molar-refractivity contribution in [2.45, 2.75) is 32.2 Å². The van der Waals surface area contributed by atoms with Gasteiger partial charge in [0.2, 0.25) is 0 Å². The Morgan fingerprint density at radius 2 is 2.22 bits per heavy atom. The zero-order chi connectivity index (χ0) is 16.7. The molecule has 0 spiro atoms. The van der Waals surface area contributed by atoms with Crippen LogP contribution < -0.4 is 16.0 Å². The van der Waals surface area contributed by atoms with Crippen LogP contribution in [0.25, 0.3) is 11.0 Å². The van der Waals surface area contributed by atoms with E-state index in [2.05, 4.69) is 28.6 Å². The predicted molar refractivity (Wildman–Crippen MR) is 91.0 cm³/mol. The topological polar surface area (TPSA) is 96.4 Å².